The molecule has 0 fully saturated rings. The van der Waals surface area contributed by atoms with Gasteiger partial charge in [0.15, 0.2) is 0 Å². The molecule has 0 atom stereocenters. The number of hydrogen-bond donors (Lipinski definition) is 1. The van der Waals surface area contributed by atoms with Gasteiger partial charge in [-0.25, -0.2) is 4.79 Å². The Kier molecular flexibility index (Phi) is 10.4. The second kappa shape index (κ2) is 12.0. The van der Waals surface area contributed by atoms with Crippen molar-refractivity contribution in [2.45, 2.75) is 40.5 Å². The molecular weight excluding hydrogens is 375 g/mol. The van der Waals surface area contributed by atoms with Gasteiger partial charge >= 0.3 is 12.8 Å². The first-order valence-electron chi connectivity index (χ1n) is 8.62. The van der Waals surface area contributed by atoms with Crippen molar-refractivity contribution in [2.24, 2.45) is 5.16 Å². The normalized spacial score (nSPS) is 11.9. The largest absolute Gasteiger partial charge is 0.433 e. The zero-order valence-electron chi connectivity index (χ0n) is 15.7. The van der Waals surface area contributed by atoms with Crippen LogP contribution in [-0.4, -0.2) is 31.6 Å². The Balaban J connectivity index is 2.66. The number of nitrogens with zero attached hydrogens (tertiary/aromatic N) is 1. The minimum atomic E-state index is -2.79. The summed E-state index contributed by atoms with van der Waals surface area (Å²) >= 11 is 5.34. The van der Waals surface area contributed by atoms with Gasteiger partial charge in [-0.05, 0) is 57.0 Å². The van der Waals surface area contributed by atoms with E-state index in [2.05, 4.69) is 10.5 Å². The highest BCUT2D eigenvalue weighted by atomic mass is 32.5. The number of benzene rings is 1. The van der Waals surface area contributed by atoms with Crippen molar-refractivity contribution in [1.82, 2.24) is 5.32 Å². The van der Waals surface area contributed by atoms with Crippen molar-refractivity contribution in [3.8, 4) is 5.75 Å². The third kappa shape index (κ3) is 8.27. The predicted molar refractivity (Wildman–Crippen MR) is 106 cm³/mol. The van der Waals surface area contributed by atoms with Gasteiger partial charge in [-0.2, -0.15) is 0 Å². The van der Waals surface area contributed by atoms with Gasteiger partial charge in [0.05, 0.1) is 18.9 Å². The molecule has 0 bridgehead atoms. The van der Waals surface area contributed by atoms with Crippen LogP contribution in [0.4, 0.5) is 4.79 Å². The molecule has 0 aromatic heterocycles. The second-order valence-corrected chi connectivity index (χ2v) is 8.17. The summed E-state index contributed by atoms with van der Waals surface area (Å²) in [5.74, 6) is 0.546. The van der Waals surface area contributed by atoms with Gasteiger partial charge in [-0.1, -0.05) is 18.5 Å². The third-order valence-corrected chi connectivity index (χ3v) is 5.57. The van der Waals surface area contributed by atoms with E-state index in [-0.39, 0.29) is 0 Å². The molecule has 9 heteroatoms. The standard InChI is InChI=1S/C17H27N2O5PS/c1-5-8-13-18-17(20)23-19-14(4)15-9-11-16(12-10-15)24-25(26,21-6-2)22-7-3/h9-12H,5-8,13H2,1-4H3,(H,18,20)/b19-14+. The number of carbonyl (C=O) groups excluding carboxylic acids is 1. The van der Waals surface area contributed by atoms with E-state index in [4.69, 9.17) is 30.2 Å². The molecule has 0 spiro atoms. The Bertz CT molecular complexity index is 627. The lowest BCUT2D eigenvalue weighted by molar-refractivity contribution is 0.150. The molecule has 0 unspecified atom stereocenters. The van der Waals surface area contributed by atoms with E-state index in [0.717, 1.165) is 18.4 Å². The molecule has 0 radical (unpaired) electrons. The minimum Gasteiger partial charge on any atom is -0.424 e. The van der Waals surface area contributed by atoms with E-state index in [1.54, 1.807) is 31.2 Å². The monoisotopic (exact) mass is 402 g/mol. The molecule has 0 aliphatic heterocycles. The average Bonchev–Trinajstić information content (AvgIpc) is 2.61. The summed E-state index contributed by atoms with van der Waals surface area (Å²) in [6.07, 6.45) is 1.33. The van der Waals surface area contributed by atoms with Crippen molar-refractivity contribution in [2.75, 3.05) is 19.8 Å². The molecule has 0 saturated carbocycles. The molecule has 0 aliphatic rings. The Morgan fingerprint density at radius 2 is 1.77 bits per heavy atom. The van der Waals surface area contributed by atoms with Crippen LogP contribution in [0.15, 0.2) is 29.4 Å². The third-order valence-electron chi connectivity index (χ3n) is 3.13. The molecule has 1 aromatic carbocycles. The molecule has 0 aliphatic carbocycles. The van der Waals surface area contributed by atoms with E-state index in [0.29, 0.717) is 31.2 Å². The number of carbonyl (C=O) groups is 1. The average molecular weight is 402 g/mol. The van der Waals surface area contributed by atoms with Gasteiger partial charge in [-0.15, -0.1) is 0 Å². The number of hydrogen-bond acceptors (Lipinski definition) is 7. The van der Waals surface area contributed by atoms with Crippen LogP contribution in [0.1, 0.15) is 46.1 Å². The van der Waals surface area contributed by atoms with Crippen molar-refractivity contribution in [3.05, 3.63) is 29.8 Å². The van der Waals surface area contributed by atoms with Gasteiger partial charge in [0, 0.05) is 18.4 Å². The lowest BCUT2D eigenvalue weighted by Crippen LogP contribution is -2.24. The van der Waals surface area contributed by atoms with E-state index in [9.17, 15) is 4.79 Å². The van der Waals surface area contributed by atoms with Crippen molar-refractivity contribution in [3.63, 3.8) is 0 Å². The van der Waals surface area contributed by atoms with Crippen molar-refractivity contribution in [1.29, 1.82) is 0 Å². The molecule has 7 nitrogen and oxygen atoms in total. The van der Waals surface area contributed by atoms with E-state index < -0.39 is 12.8 Å². The fraction of sp³-hybridized carbons (Fsp3) is 0.529. The van der Waals surface area contributed by atoms with Crippen LogP contribution in [0.2, 0.25) is 0 Å². The Hall–Kier alpha value is -1.47. The van der Waals surface area contributed by atoms with Crippen LogP contribution in [0, 0.1) is 0 Å². The van der Waals surface area contributed by atoms with E-state index in [1.807, 2.05) is 20.8 Å². The quantitative estimate of drug-likeness (QED) is 0.191. The SMILES string of the molecule is CCCCNC(=O)O/N=C(\C)c1ccc(OP(=S)(OCC)OCC)cc1. The summed E-state index contributed by atoms with van der Waals surface area (Å²) < 4.78 is 16.6. The Morgan fingerprint density at radius 1 is 1.15 bits per heavy atom. The second-order valence-electron chi connectivity index (χ2n) is 5.23. The highest BCUT2D eigenvalue weighted by molar-refractivity contribution is 8.07. The predicted octanol–water partition coefficient (Wildman–Crippen LogP) is 4.61. The number of oxime groups is 1. The lowest BCUT2D eigenvalue weighted by atomic mass is 10.1. The number of unbranched alkanes of at least 4 members (excludes halogenated alkanes) is 1. The topological polar surface area (TPSA) is 78.4 Å². The summed E-state index contributed by atoms with van der Waals surface area (Å²) in [5.41, 5.74) is 1.36. The van der Waals surface area contributed by atoms with Crippen molar-refractivity contribution < 1.29 is 23.2 Å². The minimum absolute atomic E-state index is 0.415. The molecule has 26 heavy (non-hydrogen) atoms. The maximum atomic E-state index is 11.5. The van der Waals surface area contributed by atoms with Crippen LogP contribution < -0.4 is 9.84 Å². The molecule has 0 saturated heterocycles. The molecule has 1 rings (SSSR count). The molecule has 1 amide bonds. The van der Waals surface area contributed by atoms with Gasteiger partial charge in [0.2, 0.25) is 0 Å². The first-order chi connectivity index (χ1) is 12.4. The molecule has 146 valence electrons. The lowest BCUT2D eigenvalue weighted by Gasteiger charge is -2.21. The summed E-state index contributed by atoms with van der Waals surface area (Å²) in [7, 11) is 0. The molecule has 0 heterocycles. The zero-order chi connectivity index (χ0) is 19.4. The van der Waals surface area contributed by atoms with Crippen LogP contribution in [-0.2, 0) is 25.7 Å². The van der Waals surface area contributed by atoms with Gasteiger partial charge < -0.3 is 9.84 Å². The van der Waals surface area contributed by atoms with Crippen LogP contribution in [0.25, 0.3) is 0 Å². The Morgan fingerprint density at radius 3 is 2.31 bits per heavy atom. The number of amides is 1. The molecular formula is C17H27N2O5PS. The van der Waals surface area contributed by atoms with Crippen molar-refractivity contribution >= 4 is 30.3 Å². The van der Waals surface area contributed by atoms with Crippen LogP contribution in [0.3, 0.4) is 0 Å². The van der Waals surface area contributed by atoms with E-state index >= 15 is 0 Å². The molecule has 1 aromatic rings. The fourth-order valence-corrected chi connectivity index (χ4v) is 3.94. The van der Waals surface area contributed by atoms with Gasteiger partial charge in [0.25, 0.3) is 0 Å². The first-order valence-corrected chi connectivity index (χ1v) is 11.2. The van der Waals surface area contributed by atoms with E-state index in [1.165, 1.54) is 0 Å². The Labute approximate surface area is 160 Å². The highest BCUT2D eigenvalue weighted by Gasteiger charge is 2.21. The smallest absolute Gasteiger partial charge is 0.424 e. The van der Waals surface area contributed by atoms with Crippen LogP contribution >= 0.6 is 6.72 Å². The van der Waals surface area contributed by atoms with Crippen LogP contribution in [0.5, 0.6) is 5.75 Å². The van der Waals surface area contributed by atoms with Gasteiger partial charge in [0.1, 0.15) is 5.75 Å². The summed E-state index contributed by atoms with van der Waals surface area (Å²) in [6.45, 7) is 6.08. The first kappa shape index (κ1) is 22.6. The maximum absolute atomic E-state index is 11.5. The maximum Gasteiger partial charge on any atom is 0.433 e. The highest BCUT2D eigenvalue weighted by Crippen LogP contribution is 2.49. The number of rotatable bonds is 11. The summed E-state index contributed by atoms with van der Waals surface area (Å²) in [4.78, 5) is 16.3. The number of nitrogens with one attached hydrogen (secondary N) is 1. The fourth-order valence-electron chi connectivity index (χ4n) is 1.85. The molecule has 1 N–H and O–H groups in total. The summed E-state index contributed by atoms with van der Waals surface area (Å²) in [5, 5.41) is 6.46. The summed E-state index contributed by atoms with van der Waals surface area (Å²) in [6, 6.07) is 7.08. The zero-order valence-corrected chi connectivity index (χ0v) is 17.4. The van der Waals surface area contributed by atoms with Gasteiger partial charge in [-0.3, -0.25) is 13.9 Å².